The van der Waals surface area contributed by atoms with Crippen LogP contribution in [0.1, 0.15) is 46.1 Å². The maximum Gasteiger partial charge on any atom is 0.408 e. The molecular formula is C32H37Cl2N2O4P. The van der Waals surface area contributed by atoms with Crippen molar-refractivity contribution in [1.29, 1.82) is 0 Å². The quantitative estimate of drug-likeness (QED) is 0.207. The first-order chi connectivity index (χ1) is 19.5. The molecule has 3 aromatic carbocycles. The molecule has 0 bridgehead atoms. The number of carbonyl (C=O) groups is 3. The van der Waals surface area contributed by atoms with Gasteiger partial charge in [0.15, 0.2) is 5.52 Å². The molecule has 0 fully saturated rings. The average Bonchev–Trinajstić information content (AvgIpc) is 2.93. The Morgan fingerprint density at radius 3 is 1.68 bits per heavy atom. The van der Waals surface area contributed by atoms with Gasteiger partial charge in [0.1, 0.15) is 12.6 Å². The molecule has 0 radical (unpaired) electrons. The van der Waals surface area contributed by atoms with Gasteiger partial charge in [-0.2, -0.15) is 0 Å². The summed E-state index contributed by atoms with van der Waals surface area (Å²) in [7, 11) is -1.50. The fourth-order valence-corrected chi connectivity index (χ4v) is 6.75. The molecule has 3 rings (SSSR count). The Morgan fingerprint density at radius 2 is 1.20 bits per heavy atom. The fraction of sp³-hybridized carbons (Fsp3) is 0.344. The Balaban J connectivity index is 1.83. The third-order valence-electron chi connectivity index (χ3n) is 6.24. The molecule has 0 heterocycles. The predicted molar refractivity (Wildman–Crippen MR) is 168 cm³/mol. The molecule has 9 heteroatoms. The lowest BCUT2D eigenvalue weighted by atomic mass is 10.0. The van der Waals surface area contributed by atoms with Gasteiger partial charge in [-0.3, -0.25) is 9.59 Å². The van der Waals surface area contributed by atoms with E-state index in [1.165, 1.54) is 0 Å². The average molecular weight is 616 g/mol. The summed E-state index contributed by atoms with van der Waals surface area (Å²) in [6.07, 6.45) is 0.140. The van der Waals surface area contributed by atoms with Gasteiger partial charge < -0.3 is 15.4 Å². The smallest absolute Gasteiger partial charge is 0.408 e. The summed E-state index contributed by atoms with van der Waals surface area (Å²) in [5, 5.41) is 8.48. The lowest BCUT2D eigenvalue weighted by Gasteiger charge is -2.28. The van der Waals surface area contributed by atoms with Crippen molar-refractivity contribution in [2.75, 3.05) is 0 Å². The Morgan fingerprint density at radius 1 is 0.707 bits per heavy atom. The number of nitrogens with one attached hydrogen (secondary N) is 2. The zero-order chi connectivity index (χ0) is 29.9. The minimum Gasteiger partial charge on any atom is -0.445 e. The zero-order valence-electron chi connectivity index (χ0n) is 23.8. The Bertz CT molecular complexity index is 1240. The number of halogens is 2. The van der Waals surface area contributed by atoms with Gasteiger partial charge in [0.05, 0.1) is 6.04 Å². The van der Waals surface area contributed by atoms with Crippen LogP contribution in [0.2, 0.25) is 10.0 Å². The maximum atomic E-state index is 14.2. The number of rotatable bonds is 13. The molecule has 2 N–H and O–H groups in total. The second-order valence-corrected chi connectivity index (χ2v) is 13.7. The summed E-state index contributed by atoms with van der Waals surface area (Å²) < 4.78 is 5.37. The minimum atomic E-state index is -1.50. The Hall–Kier alpha value is -2.92. The molecule has 41 heavy (non-hydrogen) atoms. The minimum absolute atomic E-state index is 0.0869. The van der Waals surface area contributed by atoms with Crippen molar-refractivity contribution in [1.82, 2.24) is 10.6 Å². The highest BCUT2D eigenvalue weighted by molar-refractivity contribution is 7.87. The largest absolute Gasteiger partial charge is 0.445 e. The van der Waals surface area contributed by atoms with Crippen molar-refractivity contribution in [3.05, 3.63) is 94.5 Å². The molecule has 0 unspecified atom stereocenters. The van der Waals surface area contributed by atoms with Crippen molar-refractivity contribution in [2.24, 2.45) is 11.8 Å². The second-order valence-electron chi connectivity index (χ2n) is 10.7. The predicted octanol–water partition coefficient (Wildman–Crippen LogP) is 6.82. The van der Waals surface area contributed by atoms with E-state index in [9.17, 15) is 14.4 Å². The Kier molecular flexibility index (Phi) is 12.6. The van der Waals surface area contributed by atoms with E-state index in [1.807, 2.05) is 82.3 Å². The molecule has 6 nitrogen and oxygen atoms in total. The number of hydrogen-bond donors (Lipinski definition) is 2. The van der Waals surface area contributed by atoms with Gasteiger partial charge in [-0.25, -0.2) is 4.79 Å². The van der Waals surface area contributed by atoms with E-state index in [2.05, 4.69) is 10.6 Å². The van der Waals surface area contributed by atoms with E-state index in [0.717, 1.165) is 16.2 Å². The van der Waals surface area contributed by atoms with E-state index >= 15 is 0 Å². The van der Waals surface area contributed by atoms with Gasteiger partial charge in [0, 0.05) is 18.0 Å². The highest BCUT2D eigenvalue weighted by Gasteiger charge is 2.33. The molecule has 0 aromatic heterocycles. The standard InChI is InChI=1S/C32H37Cl2N2O4P/c1-21(2)18-28(36-32(39)40-20-23-8-6-5-7-9-23)30(37)35-29(19-22(3)4)31(38)41(26-14-10-24(33)11-15-26)27-16-12-25(34)13-17-27/h5-17,21-22,28-29H,18-20H2,1-4H3,(H,35,37)(H,36,39)/t28-,29-/m0/s1. The van der Waals surface area contributed by atoms with Crippen LogP contribution < -0.4 is 21.2 Å². The van der Waals surface area contributed by atoms with Gasteiger partial charge >= 0.3 is 6.09 Å². The summed E-state index contributed by atoms with van der Waals surface area (Å²) >= 11 is 12.3. The van der Waals surface area contributed by atoms with Crippen LogP contribution >= 0.6 is 31.1 Å². The maximum absolute atomic E-state index is 14.2. The monoisotopic (exact) mass is 614 g/mol. The van der Waals surface area contributed by atoms with Crippen molar-refractivity contribution in [3.8, 4) is 0 Å². The van der Waals surface area contributed by atoms with E-state index in [1.54, 1.807) is 24.3 Å². The molecule has 2 atom stereocenters. The van der Waals surface area contributed by atoms with Gasteiger partial charge in [0.2, 0.25) is 5.91 Å². The lowest BCUT2D eigenvalue weighted by Crippen LogP contribution is -2.52. The Labute approximate surface area is 253 Å². The van der Waals surface area contributed by atoms with Crippen molar-refractivity contribution >= 4 is 59.3 Å². The molecule has 2 amide bonds. The topological polar surface area (TPSA) is 84.5 Å². The van der Waals surface area contributed by atoms with Crippen LogP contribution in [0.3, 0.4) is 0 Å². The van der Waals surface area contributed by atoms with Crippen molar-refractivity contribution in [2.45, 2.75) is 59.2 Å². The van der Waals surface area contributed by atoms with Crippen molar-refractivity contribution in [3.63, 3.8) is 0 Å². The third kappa shape index (κ3) is 10.5. The van der Waals surface area contributed by atoms with Crippen molar-refractivity contribution < 1.29 is 19.1 Å². The van der Waals surface area contributed by atoms with Gasteiger partial charge in [-0.1, -0.05) is 105 Å². The summed E-state index contributed by atoms with van der Waals surface area (Å²) in [4.78, 5) is 40.5. The molecule has 0 saturated heterocycles. The number of alkyl carbamates (subject to hydrolysis) is 1. The highest BCUT2D eigenvalue weighted by atomic mass is 35.5. The van der Waals surface area contributed by atoms with Crippen LogP contribution in [0.5, 0.6) is 0 Å². The second kappa shape index (κ2) is 15.9. The van der Waals surface area contributed by atoms with E-state index in [-0.39, 0.29) is 24.0 Å². The zero-order valence-corrected chi connectivity index (χ0v) is 26.2. The summed E-state index contributed by atoms with van der Waals surface area (Å²) in [5.41, 5.74) is 0.745. The number of amides is 2. The van der Waals surface area contributed by atoms with Crippen LogP contribution in [0.4, 0.5) is 4.79 Å². The first-order valence-electron chi connectivity index (χ1n) is 13.7. The fourth-order valence-electron chi connectivity index (χ4n) is 4.31. The molecule has 0 spiro atoms. The molecule has 3 aromatic rings. The van der Waals surface area contributed by atoms with Crippen LogP contribution in [0, 0.1) is 11.8 Å². The number of ether oxygens (including phenoxy) is 1. The number of benzene rings is 3. The molecule has 0 aliphatic heterocycles. The summed E-state index contributed by atoms with van der Waals surface area (Å²) in [6, 6.07) is 22.1. The third-order valence-corrected chi connectivity index (χ3v) is 9.13. The molecule has 218 valence electrons. The van der Waals surface area contributed by atoms with E-state index in [4.69, 9.17) is 27.9 Å². The number of carbonyl (C=O) groups excluding carboxylic acids is 3. The van der Waals surface area contributed by atoms with Crippen LogP contribution in [0.15, 0.2) is 78.9 Å². The molecular weight excluding hydrogens is 578 g/mol. The first kappa shape index (κ1) is 32.6. The van der Waals surface area contributed by atoms with Crippen LogP contribution in [-0.2, 0) is 20.9 Å². The summed E-state index contributed by atoms with van der Waals surface area (Å²) in [6.45, 7) is 8.03. The SMILES string of the molecule is CC(C)C[C@H](NC(=O)OCc1ccccc1)C(=O)N[C@@H](CC(C)C)C(=O)P(c1ccc(Cl)cc1)c1ccc(Cl)cc1. The summed E-state index contributed by atoms with van der Waals surface area (Å²) in [5.74, 6) is -0.180. The van der Waals surface area contributed by atoms with Crippen LogP contribution in [0.25, 0.3) is 0 Å². The molecule has 0 aliphatic carbocycles. The van der Waals surface area contributed by atoms with Gasteiger partial charge in [-0.05, 0) is 65.1 Å². The van der Waals surface area contributed by atoms with E-state index in [0.29, 0.717) is 22.9 Å². The van der Waals surface area contributed by atoms with Gasteiger partial charge in [0.25, 0.3) is 0 Å². The first-order valence-corrected chi connectivity index (χ1v) is 15.8. The van der Waals surface area contributed by atoms with E-state index < -0.39 is 32.0 Å². The van der Waals surface area contributed by atoms with Crippen LogP contribution in [-0.4, -0.2) is 29.6 Å². The lowest BCUT2D eigenvalue weighted by molar-refractivity contribution is -0.127. The number of hydrogen-bond acceptors (Lipinski definition) is 4. The molecule has 0 saturated carbocycles. The normalized spacial score (nSPS) is 12.7. The highest BCUT2D eigenvalue weighted by Crippen LogP contribution is 2.38. The molecule has 0 aliphatic rings. The van der Waals surface area contributed by atoms with Gasteiger partial charge in [-0.15, -0.1) is 0 Å².